The van der Waals surface area contributed by atoms with Crippen LogP contribution in [-0.2, 0) is 11.5 Å². The molecule has 2 heterocycles. The Labute approximate surface area is 142 Å². The predicted octanol–water partition coefficient (Wildman–Crippen LogP) is 3.57. The van der Waals surface area contributed by atoms with Gasteiger partial charge in [-0.2, -0.15) is 0 Å². The van der Waals surface area contributed by atoms with Crippen molar-refractivity contribution in [1.82, 2.24) is 14.5 Å². The minimum absolute atomic E-state index is 0.196. The maximum atomic E-state index is 11.5. The van der Waals surface area contributed by atoms with Crippen molar-refractivity contribution in [3.63, 3.8) is 0 Å². The SMILES string of the molecule is C[C@@H]1C[C@H]1c1cnc2c(n1)c(C(=O)O)cn2COCC[Si](C)(C)C. The molecular weight excluding hydrogens is 322 g/mol. The standard InChI is InChI=1S/C17H25N3O3Si/c1-11-7-12(11)14-8-18-16-15(19-14)13(17(21)22)9-20(16)10-23-5-6-24(2,3)4/h8-9,11-12H,5-7,10H2,1-4H3,(H,21,22)/t11-,12-/m1/s1. The number of carbonyl (C=O) groups is 1. The lowest BCUT2D eigenvalue weighted by atomic mass is 10.2. The summed E-state index contributed by atoms with van der Waals surface area (Å²) in [5.74, 6) is 0.0491. The molecule has 6 nitrogen and oxygen atoms in total. The number of fused-ring (bicyclic) bond motifs is 1. The molecule has 0 bridgehead atoms. The number of aromatic nitrogens is 3. The van der Waals surface area contributed by atoms with E-state index in [-0.39, 0.29) is 5.56 Å². The lowest BCUT2D eigenvalue weighted by Crippen LogP contribution is -2.22. The molecule has 1 fully saturated rings. The van der Waals surface area contributed by atoms with Crippen molar-refractivity contribution in [2.24, 2.45) is 5.92 Å². The first-order chi connectivity index (χ1) is 11.3. The van der Waals surface area contributed by atoms with Gasteiger partial charge in [0, 0.05) is 26.8 Å². The zero-order valence-corrected chi connectivity index (χ0v) is 15.7. The summed E-state index contributed by atoms with van der Waals surface area (Å²) in [7, 11) is -1.14. The van der Waals surface area contributed by atoms with Crippen LogP contribution in [0.2, 0.25) is 25.7 Å². The smallest absolute Gasteiger partial charge is 0.339 e. The van der Waals surface area contributed by atoms with Crippen molar-refractivity contribution in [3.05, 3.63) is 23.7 Å². The van der Waals surface area contributed by atoms with Crippen LogP contribution < -0.4 is 0 Å². The van der Waals surface area contributed by atoms with Gasteiger partial charge in [-0.05, 0) is 18.4 Å². The number of carboxylic acids is 1. The third kappa shape index (κ3) is 3.67. The number of hydrogen-bond donors (Lipinski definition) is 1. The van der Waals surface area contributed by atoms with Crippen molar-refractivity contribution < 1.29 is 14.6 Å². The van der Waals surface area contributed by atoms with E-state index in [1.165, 1.54) is 0 Å². The van der Waals surface area contributed by atoms with Gasteiger partial charge in [0.05, 0.1) is 11.9 Å². The molecule has 2 aromatic heterocycles. The summed E-state index contributed by atoms with van der Waals surface area (Å²) in [5, 5.41) is 9.46. The van der Waals surface area contributed by atoms with Crippen molar-refractivity contribution in [1.29, 1.82) is 0 Å². The van der Waals surface area contributed by atoms with Crippen LogP contribution in [-0.4, -0.2) is 40.3 Å². The third-order valence-electron chi connectivity index (χ3n) is 4.53. The van der Waals surface area contributed by atoms with E-state index >= 15 is 0 Å². The van der Waals surface area contributed by atoms with Gasteiger partial charge in [-0.25, -0.2) is 14.8 Å². The quantitative estimate of drug-likeness (QED) is 0.612. The van der Waals surface area contributed by atoms with E-state index in [1.54, 1.807) is 17.0 Å². The fraction of sp³-hybridized carbons (Fsp3) is 0.588. The number of nitrogens with zero attached hydrogens (tertiary/aromatic N) is 3. The summed E-state index contributed by atoms with van der Waals surface area (Å²) in [6.45, 7) is 10.1. The van der Waals surface area contributed by atoms with Crippen LogP contribution in [0.5, 0.6) is 0 Å². The molecule has 1 aliphatic rings. The highest BCUT2D eigenvalue weighted by Crippen LogP contribution is 2.46. The molecular formula is C17H25N3O3Si. The fourth-order valence-electron chi connectivity index (χ4n) is 2.77. The Morgan fingerprint density at radius 2 is 2.17 bits per heavy atom. The summed E-state index contributed by atoms with van der Waals surface area (Å²) in [4.78, 5) is 20.6. The van der Waals surface area contributed by atoms with Crippen molar-refractivity contribution in [2.45, 2.75) is 51.7 Å². The van der Waals surface area contributed by atoms with Gasteiger partial charge in [-0.1, -0.05) is 26.6 Å². The second-order valence-corrected chi connectivity index (χ2v) is 13.6. The molecule has 1 saturated carbocycles. The molecule has 0 amide bonds. The van der Waals surface area contributed by atoms with Gasteiger partial charge in [0.2, 0.25) is 0 Å². The van der Waals surface area contributed by atoms with Gasteiger partial charge in [-0.15, -0.1) is 0 Å². The monoisotopic (exact) mass is 347 g/mol. The first-order valence-electron chi connectivity index (χ1n) is 8.43. The van der Waals surface area contributed by atoms with Gasteiger partial charge < -0.3 is 14.4 Å². The van der Waals surface area contributed by atoms with Crippen LogP contribution in [0.3, 0.4) is 0 Å². The molecule has 130 valence electrons. The van der Waals surface area contributed by atoms with Crippen LogP contribution in [0.1, 0.15) is 35.3 Å². The molecule has 2 atom stereocenters. The first-order valence-corrected chi connectivity index (χ1v) is 12.1. The van der Waals surface area contributed by atoms with Crippen molar-refractivity contribution >= 4 is 25.2 Å². The van der Waals surface area contributed by atoms with Gasteiger partial charge >= 0.3 is 5.97 Å². The van der Waals surface area contributed by atoms with E-state index in [0.717, 1.165) is 18.2 Å². The summed E-state index contributed by atoms with van der Waals surface area (Å²) in [6, 6.07) is 1.08. The molecule has 0 spiro atoms. The van der Waals surface area contributed by atoms with Gasteiger partial charge in [0.25, 0.3) is 0 Å². The Kier molecular flexibility index (Phi) is 4.48. The molecule has 1 N–H and O–H groups in total. The Bertz CT molecular complexity index is 766. The minimum atomic E-state index is -1.14. The maximum Gasteiger partial charge on any atom is 0.339 e. The number of ether oxygens (including phenoxy) is 1. The molecule has 1 aliphatic carbocycles. The molecule has 24 heavy (non-hydrogen) atoms. The molecule has 0 unspecified atom stereocenters. The summed E-state index contributed by atoms with van der Waals surface area (Å²) in [5.41, 5.74) is 2.14. The van der Waals surface area contributed by atoms with E-state index in [9.17, 15) is 9.90 Å². The van der Waals surface area contributed by atoms with Crippen LogP contribution >= 0.6 is 0 Å². The highest BCUT2D eigenvalue weighted by atomic mass is 28.3. The van der Waals surface area contributed by atoms with E-state index in [0.29, 0.717) is 36.3 Å². The maximum absolute atomic E-state index is 11.5. The number of hydrogen-bond acceptors (Lipinski definition) is 4. The second-order valence-electron chi connectivity index (χ2n) is 7.95. The molecule has 0 aromatic carbocycles. The largest absolute Gasteiger partial charge is 0.478 e. The molecule has 2 aromatic rings. The average Bonchev–Trinajstić information content (AvgIpc) is 3.10. The molecule has 3 rings (SSSR count). The topological polar surface area (TPSA) is 77.2 Å². The fourth-order valence-corrected chi connectivity index (χ4v) is 3.53. The molecule has 0 radical (unpaired) electrons. The van der Waals surface area contributed by atoms with Gasteiger partial charge in [0.1, 0.15) is 17.8 Å². The number of rotatable bonds is 7. The van der Waals surface area contributed by atoms with E-state index in [1.807, 2.05) is 0 Å². The van der Waals surface area contributed by atoms with Crippen molar-refractivity contribution in [3.8, 4) is 0 Å². The highest BCUT2D eigenvalue weighted by molar-refractivity contribution is 6.76. The Morgan fingerprint density at radius 3 is 2.75 bits per heavy atom. The average molecular weight is 347 g/mol. The normalized spacial score (nSPS) is 20.5. The zero-order chi connectivity index (χ0) is 17.5. The van der Waals surface area contributed by atoms with Gasteiger partial charge in [-0.3, -0.25) is 0 Å². The lowest BCUT2D eigenvalue weighted by molar-refractivity contribution is 0.0696. The van der Waals surface area contributed by atoms with E-state index in [4.69, 9.17) is 4.74 Å². The second kappa shape index (κ2) is 6.29. The number of carboxylic acid groups (broad SMARTS) is 1. The van der Waals surface area contributed by atoms with E-state index in [2.05, 4.69) is 36.5 Å². The zero-order valence-electron chi connectivity index (χ0n) is 14.7. The summed E-state index contributed by atoms with van der Waals surface area (Å²) >= 11 is 0. The molecule has 0 saturated heterocycles. The van der Waals surface area contributed by atoms with Crippen LogP contribution in [0.4, 0.5) is 0 Å². The third-order valence-corrected chi connectivity index (χ3v) is 6.23. The predicted molar refractivity (Wildman–Crippen MR) is 95.1 cm³/mol. The summed E-state index contributed by atoms with van der Waals surface area (Å²) < 4.78 is 7.49. The molecule has 0 aliphatic heterocycles. The Morgan fingerprint density at radius 1 is 1.46 bits per heavy atom. The van der Waals surface area contributed by atoms with Gasteiger partial charge in [0.15, 0.2) is 5.65 Å². The Hall–Kier alpha value is -1.73. The van der Waals surface area contributed by atoms with Crippen LogP contribution in [0.25, 0.3) is 11.2 Å². The molecule has 7 heteroatoms. The Balaban J connectivity index is 1.82. The summed E-state index contributed by atoms with van der Waals surface area (Å²) in [6.07, 6.45) is 4.46. The lowest BCUT2D eigenvalue weighted by Gasteiger charge is -2.15. The highest BCUT2D eigenvalue weighted by Gasteiger charge is 2.36. The van der Waals surface area contributed by atoms with Crippen LogP contribution in [0, 0.1) is 5.92 Å². The number of aromatic carboxylic acids is 1. The first kappa shape index (κ1) is 17.1. The van der Waals surface area contributed by atoms with Crippen LogP contribution in [0.15, 0.2) is 12.4 Å². The minimum Gasteiger partial charge on any atom is -0.478 e. The van der Waals surface area contributed by atoms with E-state index < -0.39 is 14.0 Å². The van der Waals surface area contributed by atoms with Crippen molar-refractivity contribution in [2.75, 3.05) is 6.61 Å².